The average Bonchev–Trinajstić information content (AvgIpc) is 3.47. The second-order valence-electron chi connectivity index (χ2n) is 9.78. The van der Waals surface area contributed by atoms with Crippen LogP contribution >= 0.6 is 11.8 Å². The highest BCUT2D eigenvalue weighted by Gasteiger charge is 2.17. The van der Waals surface area contributed by atoms with Crippen molar-refractivity contribution < 1.29 is 4.79 Å². The van der Waals surface area contributed by atoms with Gasteiger partial charge in [-0.05, 0) is 48.6 Å². The first kappa shape index (κ1) is 26.5. The van der Waals surface area contributed by atoms with Crippen LogP contribution in [0.1, 0.15) is 29.3 Å². The minimum atomic E-state index is -0.148. The lowest BCUT2D eigenvalue weighted by Gasteiger charge is -2.11. The van der Waals surface area contributed by atoms with E-state index in [1.807, 2.05) is 114 Å². The molecular weight excluding hydrogens is 524 g/mol. The van der Waals surface area contributed by atoms with Gasteiger partial charge in [-0.2, -0.15) is 5.10 Å². The first-order valence-electron chi connectivity index (χ1n) is 13.8. The molecule has 2 aromatic heterocycles. The van der Waals surface area contributed by atoms with Crippen LogP contribution in [0.15, 0.2) is 126 Å². The van der Waals surface area contributed by atoms with Crippen LogP contribution in [0.3, 0.4) is 0 Å². The molecule has 0 aliphatic rings. The standard InChI is InChI=1S/C35H30N4OS/c1-2-21-41-29-19-17-26(18-20-29)34-27(24-39(38-34)28-13-7-4-8-14-28)23-36-35(40)31-22-33(25-11-5-3-6-12-25)37-32-16-10-9-15-30(31)32/h3-20,22,24H,2,21,23H2,1H3,(H,36,40). The molecule has 5 nitrogen and oxygen atoms in total. The van der Waals surface area contributed by atoms with Crippen LogP contribution in [0.5, 0.6) is 0 Å². The Morgan fingerprint density at radius 1 is 0.829 bits per heavy atom. The Balaban J connectivity index is 1.32. The summed E-state index contributed by atoms with van der Waals surface area (Å²) in [5, 5.41) is 8.95. The molecular formula is C35H30N4OS. The highest BCUT2D eigenvalue weighted by atomic mass is 32.2. The topological polar surface area (TPSA) is 59.8 Å². The Kier molecular flexibility index (Phi) is 7.92. The molecule has 202 valence electrons. The first-order valence-corrected chi connectivity index (χ1v) is 14.8. The first-order chi connectivity index (χ1) is 20.2. The minimum Gasteiger partial charge on any atom is -0.348 e. The lowest BCUT2D eigenvalue weighted by atomic mass is 10.0. The molecule has 0 radical (unpaired) electrons. The van der Waals surface area contributed by atoms with E-state index in [0.717, 1.165) is 56.8 Å². The third kappa shape index (κ3) is 5.93. The molecule has 0 fully saturated rings. The van der Waals surface area contributed by atoms with Crippen LogP contribution in [-0.4, -0.2) is 26.4 Å². The summed E-state index contributed by atoms with van der Waals surface area (Å²) in [6, 6.07) is 38.2. The van der Waals surface area contributed by atoms with E-state index in [0.29, 0.717) is 12.1 Å². The monoisotopic (exact) mass is 554 g/mol. The zero-order valence-electron chi connectivity index (χ0n) is 22.8. The second kappa shape index (κ2) is 12.2. The summed E-state index contributed by atoms with van der Waals surface area (Å²) in [5.74, 6) is 0.945. The lowest BCUT2D eigenvalue weighted by Crippen LogP contribution is -2.23. The van der Waals surface area contributed by atoms with Gasteiger partial charge >= 0.3 is 0 Å². The van der Waals surface area contributed by atoms with Crippen molar-refractivity contribution in [3.63, 3.8) is 0 Å². The summed E-state index contributed by atoms with van der Waals surface area (Å²) >= 11 is 1.85. The summed E-state index contributed by atoms with van der Waals surface area (Å²) in [6.45, 7) is 2.53. The predicted octanol–water partition coefficient (Wildman–Crippen LogP) is 8.19. The van der Waals surface area contributed by atoms with Gasteiger partial charge in [0.15, 0.2) is 0 Å². The smallest absolute Gasteiger partial charge is 0.252 e. The van der Waals surface area contributed by atoms with E-state index in [1.54, 1.807) is 0 Å². The largest absolute Gasteiger partial charge is 0.348 e. The van der Waals surface area contributed by atoms with Gasteiger partial charge in [0.25, 0.3) is 5.91 Å². The number of rotatable bonds is 9. The van der Waals surface area contributed by atoms with Gasteiger partial charge in [0.1, 0.15) is 0 Å². The Labute approximate surface area is 244 Å². The van der Waals surface area contributed by atoms with E-state index in [2.05, 4.69) is 36.5 Å². The van der Waals surface area contributed by atoms with Crippen molar-refractivity contribution in [1.29, 1.82) is 0 Å². The molecule has 1 amide bonds. The number of nitrogens with one attached hydrogen (secondary N) is 1. The molecule has 6 heteroatoms. The third-order valence-corrected chi connectivity index (χ3v) is 8.10. The number of hydrogen-bond acceptors (Lipinski definition) is 4. The maximum atomic E-state index is 13.7. The number of carbonyl (C=O) groups is 1. The van der Waals surface area contributed by atoms with Gasteiger partial charge < -0.3 is 5.32 Å². The molecule has 0 unspecified atom stereocenters. The van der Waals surface area contributed by atoms with Crippen molar-refractivity contribution in [2.24, 2.45) is 0 Å². The van der Waals surface area contributed by atoms with Crippen molar-refractivity contribution >= 4 is 28.6 Å². The number of pyridine rings is 1. The molecule has 0 spiro atoms. The lowest BCUT2D eigenvalue weighted by molar-refractivity contribution is 0.0952. The number of fused-ring (bicyclic) bond motifs is 1. The van der Waals surface area contributed by atoms with Crippen LogP contribution in [0.4, 0.5) is 0 Å². The average molecular weight is 555 g/mol. The zero-order chi connectivity index (χ0) is 28.0. The molecule has 1 N–H and O–H groups in total. The number of hydrogen-bond donors (Lipinski definition) is 1. The van der Waals surface area contributed by atoms with Gasteiger partial charge in [0.05, 0.1) is 28.2 Å². The fourth-order valence-electron chi connectivity index (χ4n) is 4.81. The van der Waals surface area contributed by atoms with Gasteiger partial charge in [-0.15, -0.1) is 11.8 Å². The molecule has 0 atom stereocenters. The fraction of sp³-hybridized carbons (Fsp3) is 0.114. The van der Waals surface area contributed by atoms with E-state index in [-0.39, 0.29) is 5.91 Å². The SMILES string of the molecule is CCCSc1ccc(-c2nn(-c3ccccc3)cc2CNC(=O)c2cc(-c3ccccc3)nc3ccccc23)cc1. The molecule has 6 rings (SSSR count). The van der Waals surface area contributed by atoms with Crippen LogP contribution in [-0.2, 0) is 6.54 Å². The van der Waals surface area contributed by atoms with Crippen molar-refractivity contribution in [2.75, 3.05) is 5.75 Å². The number of thioether (sulfide) groups is 1. The van der Waals surface area contributed by atoms with Crippen LogP contribution < -0.4 is 5.32 Å². The predicted molar refractivity (Wildman–Crippen MR) is 168 cm³/mol. The number of para-hydroxylation sites is 2. The summed E-state index contributed by atoms with van der Waals surface area (Å²) in [5.41, 5.74) is 6.91. The van der Waals surface area contributed by atoms with E-state index in [1.165, 1.54) is 4.90 Å². The molecule has 6 aromatic rings. The molecule has 0 saturated carbocycles. The van der Waals surface area contributed by atoms with Crippen LogP contribution in [0.25, 0.3) is 39.1 Å². The summed E-state index contributed by atoms with van der Waals surface area (Å²) in [7, 11) is 0. The Morgan fingerprint density at radius 2 is 1.54 bits per heavy atom. The van der Waals surface area contributed by atoms with E-state index in [9.17, 15) is 4.79 Å². The summed E-state index contributed by atoms with van der Waals surface area (Å²) in [6.07, 6.45) is 3.14. The minimum absolute atomic E-state index is 0.148. The van der Waals surface area contributed by atoms with Crippen molar-refractivity contribution in [2.45, 2.75) is 24.8 Å². The molecule has 4 aromatic carbocycles. The van der Waals surface area contributed by atoms with E-state index >= 15 is 0 Å². The molecule has 0 aliphatic heterocycles. The maximum Gasteiger partial charge on any atom is 0.252 e. The van der Waals surface area contributed by atoms with Crippen molar-refractivity contribution in [3.05, 3.63) is 133 Å². The van der Waals surface area contributed by atoms with E-state index in [4.69, 9.17) is 10.1 Å². The Hall–Kier alpha value is -4.68. The maximum absolute atomic E-state index is 13.7. The molecule has 0 saturated heterocycles. The zero-order valence-corrected chi connectivity index (χ0v) is 23.6. The van der Waals surface area contributed by atoms with Crippen LogP contribution in [0, 0.1) is 0 Å². The highest BCUT2D eigenvalue weighted by molar-refractivity contribution is 7.99. The Morgan fingerprint density at radius 3 is 2.29 bits per heavy atom. The number of aromatic nitrogens is 3. The fourth-order valence-corrected chi connectivity index (χ4v) is 5.58. The third-order valence-electron chi connectivity index (χ3n) is 6.88. The van der Waals surface area contributed by atoms with Gasteiger partial charge in [-0.3, -0.25) is 4.79 Å². The summed E-state index contributed by atoms with van der Waals surface area (Å²) in [4.78, 5) is 19.8. The molecule has 0 bridgehead atoms. The number of benzene rings is 4. The normalized spacial score (nSPS) is 11.0. The van der Waals surface area contributed by atoms with Gasteiger partial charge in [0.2, 0.25) is 0 Å². The number of amides is 1. The number of nitrogens with zero attached hydrogens (tertiary/aromatic N) is 3. The number of carbonyl (C=O) groups excluding carboxylic acids is 1. The second-order valence-corrected chi connectivity index (χ2v) is 10.9. The van der Waals surface area contributed by atoms with Gasteiger partial charge in [-0.1, -0.05) is 85.8 Å². The molecule has 0 aliphatic carbocycles. The van der Waals surface area contributed by atoms with Crippen LogP contribution in [0.2, 0.25) is 0 Å². The Bertz CT molecular complexity index is 1780. The highest BCUT2D eigenvalue weighted by Crippen LogP contribution is 2.28. The van der Waals surface area contributed by atoms with Gasteiger partial charge in [0, 0.05) is 39.7 Å². The van der Waals surface area contributed by atoms with Crippen molar-refractivity contribution in [3.8, 4) is 28.2 Å². The summed E-state index contributed by atoms with van der Waals surface area (Å²) < 4.78 is 1.88. The molecule has 41 heavy (non-hydrogen) atoms. The van der Waals surface area contributed by atoms with E-state index < -0.39 is 0 Å². The van der Waals surface area contributed by atoms with Gasteiger partial charge in [-0.25, -0.2) is 9.67 Å². The quantitative estimate of drug-likeness (QED) is 0.183. The van der Waals surface area contributed by atoms with Crippen molar-refractivity contribution in [1.82, 2.24) is 20.1 Å². The molecule has 2 heterocycles.